The van der Waals surface area contributed by atoms with Crippen molar-refractivity contribution in [2.24, 2.45) is 12.1 Å². The molecular formula is C30H33ClFN9O3. The van der Waals surface area contributed by atoms with Crippen molar-refractivity contribution in [3.05, 3.63) is 65.2 Å². The van der Waals surface area contributed by atoms with Gasteiger partial charge in [-0.25, -0.2) is 19.6 Å². The highest BCUT2D eigenvalue weighted by atomic mass is 35.5. The van der Waals surface area contributed by atoms with Crippen LogP contribution in [0.2, 0.25) is 5.02 Å². The number of carbonyl (C=O) groups is 3. The number of aryl methyl sites for hydroxylation is 1. The number of amides is 4. The third kappa shape index (κ3) is 6.88. The third-order valence-corrected chi connectivity index (χ3v) is 7.74. The number of hydrazone groups is 1. The van der Waals surface area contributed by atoms with E-state index >= 15 is 0 Å². The number of rotatable bonds is 9. The molecule has 1 fully saturated rings. The molecule has 1 aromatic carbocycles. The number of piperidine rings is 1. The second-order valence-electron chi connectivity index (χ2n) is 10.5. The lowest BCUT2D eigenvalue weighted by Crippen LogP contribution is -2.42. The zero-order chi connectivity index (χ0) is 31.2. The fourth-order valence-corrected chi connectivity index (χ4v) is 5.36. The molecule has 0 saturated carbocycles. The van der Waals surface area contributed by atoms with Gasteiger partial charge in [0.05, 0.1) is 35.7 Å². The molecule has 14 heteroatoms. The molecule has 0 radical (unpaired) electrons. The average molecular weight is 622 g/mol. The van der Waals surface area contributed by atoms with Gasteiger partial charge in [-0.3, -0.25) is 19.2 Å². The minimum Gasteiger partial charge on any atom is -0.345 e. The summed E-state index contributed by atoms with van der Waals surface area (Å²) in [5.41, 5.74) is 6.54. The maximum atomic E-state index is 13.5. The van der Waals surface area contributed by atoms with Gasteiger partial charge in [-0.1, -0.05) is 11.6 Å². The Morgan fingerprint density at radius 1 is 1.14 bits per heavy atom. The second-order valence-corrected chi connectivity index (χ2v) is 10.9. The van der Waals surface area contributed by atoms with Crippen molar-refractivity contribution in [3.8, 4) is 11.1 Å². The molecule has 0 aliphatic carbocycles. The number of carbonyl (C=O) groups excluding carboxylic acids is 3. The van der Waals surface area contributed by atoms with Crippen LogP contribution in [0.3, 0.4) is 0 Å². The van der Waals surface area contributed by atoms with Gasteiger partial charge >= 0.3 is 6.03 Å². The number of alkyl halides is 1. The van der Waals surface area contributed by atoms with Gasteiger partial charge in [0.2, 0.25) is 5.91 Å². The van der Waals surface area contributed by atoms with Crippen LogP contribution in [0.1, 0.15) is 42.1 Å². The first-order valence-corrected chi connectivity index (χ1v) is 14.6. The first-order chi connectivity index (χ1) is 21.2. The predicted molar refractivity (Wildman–Crippen MR) is 167 cm³/mol. The van der Waals surface area contributed by atoms with E-state index in [-0.39, 0.29) is 35.3 Å². The summed E-state index contributed by atoms with van der Waals surface area (Å²) in [6, 6.07) is 5.56. The molecule has 0 bridgehead atoms. The number of pyridine rings is 1. The highest BCUT2D eigenvalue weighted by Crippen LogP contribution is 2.28. The van der Waals surface area contributed by atoms with Crippen molar-refractivity contribution in [1.82, 2.24) is 35.4 Å². The van der Waals surface area contributed by atoms with Crippen LogP contribution in [-0.4, -0.2) is 81.1 Å². The second kappa shape index (κ2) is 13.7. The van der Waals surface area contributed by atoms with Crippen molar-refractivity contribution in [1.29, 1.82) is 0 Å². The summed E-state index contributed by atoms with van der Waals surface area (Å²) in [4.78, 5) is 48.7. The molecule has 4 heterocycles. The van der Waals surface area contributed by atoms with Gasteiger partial charge in [0, 0.05) is 66.4 Å². The normalized spacial score (nSPS) is 13.6. The maximum absolute atomic E-state index is 13.5. The topological polar surface area (TPSA) is 141 Å². The third-order valence-electron chi connectivity index (χ3n) is 7.44. The summed E-state index contributed by atoms with van der Waals surface area (Å²) < 4.78 is 15.2. The molecule has 4 aromatic rings. The lowest BCUT2D eigenvalue weighted by Gasteiger charge is -2.26. The van der Waals surface area contributed by atoms with Crippen LogP contribution in [0.25, 0.3) is 22.2 Å². The van der Waals surface area contributed by atoms with E-state index < -0.39 is 18.6 Å². The van der Waals surface area contributed by atoms with Gasteiger partial charge in [0.1, 0.15) is 12.3 Å². The Labute approximate surface area is 258 Å². The van der Waals surface area contributed by atoms with Gasteiger partial charge in [0.15, 0.2) is 0 Å². The molecule has 3 aromatic heterocycles. The molecule has 1 saturated heterocycles. The monoisotopic (exact) mass is 621 g/mol. The largest absolute Gasteiger partial charge is 0.345 e. The number of fused-ring (bicyclic) bond motifs is 1. The summed E-state index contributed by atoms with van der Waals surface area (Å²) in [5, 5.41) is 12.0. The summed E-state index contributed by atoms with van der Waals surface area (Å²) in [5.74, 6) is -0.620. The lowest BCUT2D eigenvalue weighted by atomic mass is 10.1. The van der Waals surface area contributed by atoms with Crippen LogP contribution >= 0.6 is 11.6 Å². The van der Waals surface area contributed by atoms with Crippen molar-refractivity contribution in [2.45, 2.75) is 26.2 Å². The molecule has 4 amide bonds. The van der Waals surface area contributed by atoms with Crippen molar-refractivity contribution < 1.29 is 18.8 Å². The average Bonchev–Trinajstić information content (AvgIpc) is 3.67. The summed E-state index contributed by atoms with van der Waals surface area (Å²) in [6.07, 6.45) is 10.1. The number of benzene rings is 1. The number of halogens is 2. The Kier molecular flexibility index (Phi) is 9.53. The fraction of sp³-hybridized carbons (Fsp3) is 0.333. The Morgan fingerprint density at radius 2 is 1.93 bits per heavy atom. The van der Waals surface area contributed by atoms with E-state index in [4.69, 9.17) is 11.6 Å². The minimum absolute atomic E-state index is 0.0648. The van der Waals surface area contributed by atoms with Gasteiger partial charge in [-0.15, -0.1) is 0 Å². The van der Waals surface area contributed by atoms with Crippen LogP contribution in [0.4, 0.5) is 14.9 Å². The number of H-pyrrole nitrogens is 1. The molecule has 3 N–H and O–H groups in total. The number of aromatic amines is 1. The molecule has 44 heavy (non-hydrogen) atoms. The smallest absolute Gasteiger partial charge is 0.342 e. The SMILES string of the molecule is C/C(=N\NC(=O)N(CCF)c1ccc(C(=O)NCC(=O)N2CCCCC2)cc1Cl)c1c[nH]c2ncc(-c3cnn(C)c3)cc12. The molecule has 5 rings (SSSR count). The summed E-state index contributed by atoms with van der Waals surface area (Å²) in [6.45, 7) is 1.87. The number of likely N-dealkylation sites (tertiary alicyclic amines) is 1. The van der Waals surface area contributed by atoms with Crippen molar-refractivity contribution in [3.63, 3.8) is 0 Å². The van der Waals surface area contributed by atoms with Gasteiger partial charge < -0.3 is 15.2 Å². The van der Waals surface area contributed by atoms with E-state index in [2.05, 4.69) is 30.9 Å². The molecule has 12 nitrogen and oxygen atoms in total. The minimum atomic E-state index is -0.835. The number of nitrogens with one attached hydrogen (secondary N) is 3. The van der Waals surface area contributed by atoms with E-state index in [9.17, 15) is 18.8 Å². The summed E-state index contributed by atoms with van der Waals surface area (Å²) in [7, 11) is 1.84. The highest BCUT2D eigenvalue weighted by molar-refractivity contribution is 6.34. The number of anilines is 1. The van der Waals surface area contributed by atoms with Crippen LogP contribution in [-0.2, 0) is 11.8 Å². The molecule has 230 valence electrons. The Hall–Kier alpha value is -4.78. The van der Waals surface area contributed by atoms with E-state index in [0.717, 1.165) is 46.2 Å². The van der Waals surface area contributed by atoms with Crippen LogP contribution in [0, 0.1) is 0 Å². The van der Waals surface area contributed by atoms with Gasteiger partial charge in [0.25, 0.3) is 5.91 Å². The first-order valence-electron chi connectivity index (χ1n) is 14.2. The highest BCUT2D eigenvalue weighted by Gasteiger charge is 2.21. The molecule has 0 unspecified atom stereocenters. The Morgan fingerprint density at radius 3 is 2.64 bits per heavy atom. The van der Waals surface area contributed by atoms with Crippen molar-refractivity contribution in [2.75, 3.05) is 37.8 Å². The van der Waals surface area contributed by atoms with Crippen molar-refractivity contribution >= 4 is 51.9 Å². The first kappa shape index (κ1) is 30.7. The van der Waals surface area contributed by atoms with Crippen LogP contribution < -0.4 is 15.6 Å². The summed E-state index contributed by atoms with van der Waals surface area (Å²) >= 11 is 6.46. The maximum Gasteiger partial charge on any atom is 0.342 e. The van der Waals surface area contributed by atoms with E-state index in [1.165, 1.54) is 18.2 Å². The molecule has 0 atom stereocenters. The fourth-order valence-electron chi connectivity index (χ4n) is 5.08. The molecule has 0 spiro atoms. The predicted octanol–water partition coefficient (Wildman–Crippen LogP) is 4.27. The van der Waals surface area contributed by atoms with E-state index in [0.29, 0.717) is 24.4 Å². The lowest BCUT2D eigenvalue weighted by molar-refractivity contribution is -0.130. The molecular weight excluding hydrogens is 589 g/mol. The van der Waals surface area contributed by atoms with E-state index in [1.54, 1.807) is 35.1 Å². The van der Waals surface area contributed by atoms with Crippen LogP contribution in [0.15, 0.2) is 54.2 Å². The molecule has 1 aliphatic heterocycles. The van der Waals surface area contributed by atoms with E-state index in [1.807, 2.05) is 19.3 Å². The molecule has 1 aliphatic rings. The number of hydrogen-bond donors (Lipinski definition) is 3. The Balaban J connectivity index is 1.27. The zero-order valence-electron chi connectivity index (χ0n) is 24.4. The standard InChI is InChI=1S/C30H33ClFN9O3/c1-19(24-16-34-28-23(24)12-21(14-33-28)22-15-36-39(2)18-22)37-38-30(44)41(11-8-32)26-7-6-20(13-25(26)31)29(43)35-17-27(42)40-9-4-3-5-10-40/h6-7,12-16,18H,3-5,8-11,17H2,1-2H3,(H,33,34)(H,35,43)(H,38,44)/b37-19+. The number of urea groups is 1. The number of hydrogen-bond acceptors (Lipinski definition) is 6. The number of aromatic nitrogens is 4. The van der Waals surface area contributed by atoms with Gasteiger partial charge in [-0.05, 0) is 50.5 Å². The van der Waals surface area contributed by atoms with Crippen LogP contribution in [0.5, 0.6) is 0 Å². The van der Waals surface area contributed by atoms with Gasteiger partial charge in [-0.2, -0.15) is 10.2 Å². The zero-order valence-corrected chi connectivity index (χ0v) is 25.2. The quantitative estimate of drug-likeness (QED) is 0.189. The number of nitrogens with zero attached hydrogens (tertiary/aromatic N) is 6. The Bertz CT molecular complexity index is 1710.